The normalized spacial score (nSPS) is 6.00. The molecule has 0 atom stereocenters. The molecule has 0 heterocycles. The minimum atomic E-state index is 0. The van der Waals surface area contributed by atoms with E-state index in [9.17, 15) is 0 Å². The van der Waals surface area contributed by atoms with E-state index in [0.717, 1.165) is 13.7 Å². The molecular formula is C4H11O3Y-. The predicted octanol–water partition coefficient (Wildman–Crippen LogP) is -0.227. The molecule has 0 aromatic carbocycles. The SMILES string of the molecule is CO.COC[CH-]O.[Y]. The molecule has 0 amide bonds. The molecule has 0 aliphatic heterocycles. The molecule has 0 aromatic heterocycles. The molecule has 0 unspecified atom stereocenters. The molecule has 49 valence electrons. The van der Waals surface area contributed by atoms with Gasteiger partial charge in [0.2, 0.25) is 0 Å². The van der Waals surface area contributed by atoms with E-state index < -0.39 is 0 Å². The molecule has 0 aliphatic carbocycles. The molecule has 0 saturated carbocycles. The van der Waals surface area contributed by atoms with Gasteiger partial charge in [-0.3, -0.25) is 0 Å². The van der Waals surface area contributed by atoms with Crippen molar-refractivity contribution in [2.45, 2.75) is 0 Å². The molecule has 8 heavy (non-hydrogen) atoms. The Morgan fingerprint density at radius 1 is 1.50 bits per heavy atom. The smallest absolute Gasteiger partial charge is 0.0320 e. The van der Waals surface area contributed by atoms with Gasteiger partial charge in [0.05, 0.1) is 0 Å². The average Bonchev–Trinajstić information content (AvgIpc) is 1.75. The second-order valence-electron chi connectivity index (χ2n) is 0.638. The molecule has 0 aromatic rings. The van der Waals surface area contributed by atoms with Crippen LogP contribution in [0.4, 0.5) is 0 Å². The van der Waals surface area contributed by atoms with Gasteiger partial charge in [-0.2, -0.15) is 6.61 Å². The van der Waals surface area contributed by atoms with Gasteiger partial charge in [-0.05, 0) is 0 Å². The van der Waals surface area contributed by atoms with Crippen molar-refractivity contribution in [2.24, 2.45) is 0 Å². The maximum atomic E-state index is 7.82. The van der Waals surface area contributed by atoms with Crippen LogP contribution in [0, 0.1) is 6.61 Å². The van der Waals surface area contributed by atoms with Crippen molar-refractivity contribution in [3.05, 3.63) is 6.61 Å². The number of aliphatic hydroxyl groups excluding tert-OH is 2. The van der Waals surface area contributed by atoms with Gasteiger partial charge in [-0.25, -0.2) is 0 Å². The zero-order valence-electron chi connectivity index (χ0n) is 5.16. The van der Waals surface area contributed by atoms with Crippen LogP contribution in [0.15, 0.2) is 0 Å². The Morgan fingerprint density at radius 2 is 1.88 bits per heavy atom. The topological polar surface area (TPSA) is 49.7 Å². The standard InChI is InChI=1S/C3H7O2.CH4O.Y/c1-5-3-2-4;1-2;/h2,4H,3H2,1H3;2H,1H3;/q-1;;. The van der Waals surface area contributed by atoms with Gasteiger partial charge >= 0.3 is 0 Å². The van der Waals surface area contributed by atoms with E-state index in [4.69, 9.17) is 10.2 Å². The summed E-state index contributed by atoms with van der Waals surface area (Å²) in [6, 6.07) is 0. The van der Waals surface area contributed by atoms with Crippen LogP contribution in [0.5, 0.6) is 0 Å². The van der Waals surface area contributed by atoms with Crippen molar-refractivity contribution in [3.63, 3.8) is 0 Å². The second-order valence-corrected chi connectivity index (χ2v) is 0.638. The summed E-state index contributed by atoms with van der Waals surface area (Å²) >= 11 is 0. The van der Waals surface area contributed by atoms with E-state index in [2.05, 4.69) is 4.74 Å². The fraction of sp³-hybridized carbons (Fsp3) is 0.750. The maximum Gasteiger partial charge on any atom is 0.0320 e. The zero-order valence-corrected chi connectivity index (χ0v) is 8.00. The minimum Gasteiger partial charge on any atom is -0.564 e. The van der Waals surface area contributed by atoms with Crippen molar-refractivity contribution >= 4 is 0 Å². The summed E-state index contributed by atoms with van der Waals surface area (Å²) in [6.45, 7) is 1.28. The van der Waals surface area contributed by atoms with Crippen molar-refractivity contribution in [2.75, 3.05) is 20.8 Å². The predicted molar refractivity (Wildman–Crippen MR) is 26.3 cm³/mol. The van der Waals surface area contributed by atoms with Crippen molar-refractivity contribution < 1.29 is 47.7 Å². The minimum absolute atomic E-state index is 0. The number of rotatable bonds is 2. The zero-order chi connectivity index (χ0) is 6.12. The number of methoxy groups -OCH3 is 1. The van der Waals surface area contributed by atoms with Crippen molar-refractivity contribution in [1.29, 1.82) is 0 Å². The second kappa shape index (κ2) is 24.5. The summed E-state index contributed by atoms with van der Waals surface area (Å²) < 4.78 is 4.39. The van der Waals surface area contributed by atoms with Crippen LogP contribution in [0.1, 0.15) is 0 Å². The van der Waals surface area contributed by atoms with E-state index in [1.54, 1.807) is 0 Å². The third-order valence-corrected chi connectivity index (χ3v) is 0.241. The summed E-state index contributed by atoms with van der Waals surface area (Å²) in [6.07, 6.45) is 0. The van der Waals surface area contributed by atoms with E-state index in [-0.39, 0.29) is 32.7 Å². The van der Waals surface area contributed by atoms with Gasteiger partial charge in [0.15, 0.2) is 0 Å². The van der Waals surface area contributed by atoms with Crippen LogP contribution in [0.3, 0.4) is 0 Å². The maximum absolute atomic E-state index is 7.82. The van der Waals surface area contributed by atoms with Crippen LogP contribution in [-0.2, 0) is 37.4 Å². The van der Waals surface area contributed by atoms with E-state index >= 15 is 0 Å². The molecule has 0 rings (SSSR count). The van der Waals surface area contributed by atoms with Crippen molar-refractivity contribution in [1.82, 2.24) is 0 Å². The summed E-state index contributed by atoms with van der Waals surface area (Å²) in [5.74, 6) is 0. The Kier molecular flexibility index (Phi) is 49.0. The van der Waals surface area contributed by atoms with E-state index in [0.29, 0.717) is 6.61 Å². The fourth-order valence-electron chi connectivity index (χ4n) is 0.0745. The van der Waals surface area contributed by atoms with Gasteiger partial charge in [-0.1, -0.05) is 6.61 Å². The monoisotopic (exact) mass is 196 g/mol. The molecule has 2 N–H and O–H groups in total. The van der Waals surface area contributed by atoms with Gasteiger partial charge in [-0.15, -0.1) is 0 Å². The Hall–Kier alpha value is 0.984. The molecule has 0 fully saturated rings. The molecule has 0 bridgehead atoms. The number of aliphatic hydroxyl groups is 2. The molecule has 4 heteroatoms. The Bertz CT molecular complexity index is 18.8. The molecule has 1 radical (unpaired) electrons. The first-order valence-corrected chi connectivity index (χ1v) is 1.81. The van der Waals surface area contributed by atoms with Crippen LogP contribution < -0.4 is 0 Å². The van der Waals surface area contributed by atoms with E-state index in [1.165, 1.54) is 7.11 Å². The number of hydrogen-bond donors (Lipinski definition) is 2. The van der Waals surface area contributed by atoms with Crippen LogP contribution in [0.2, 0.25) is 0 Å². The summed E-state index contributed by atoms with van der Waals surface area (Å²) in [5, 5.41) is 14.8. The van der Waals surface area contributed by atoms with Crippen LogP contribution in [-0.4, -0.2) is 31.0 Å². The summed E-state index contributed by atoms with van der Waals surface area (Å²) in [7, 11) is 2.52. The number of ether oxygens (including phenoxy) is 1. The fourth-order valence-corrected chi connectivity index (χ4v) is 0.0745. The molecule has 0 saturated heterocycles. The van der Waals surface area contributed by atoms with E-state index in [1.807, 2.05) is 0 Å². The van der Waals surface area contributed by atoms with Gasteiger partial charge in [0.1, 0.15) is 0 Å². The Morgan fingerprint density at radius 3 is 1.88 bits per heavy atom. The van der Waals surface area contributed by atoms with Crippen molar-refractivity contribution in [3.8, 4) is 0 Å². The first-order chi connectivity index (χ1) is 3.41. The van der Waals surface area contributed by atoms with Gasteiger partial charge in [0.25, 0.3) is 0 Å². The van der Waals surface area contributed by atoms with Gasteiger partial charge < -0.3 is 14.9 Å². The first kappa shape index (κ1) is 16.0. The molecular weight excluding hydrogens is 185 g/mol. The Balaban J connectivity index is -0.0000000750. The number of hydrogen-bond acceptors (Lipinski definition) is 3. The van der Waals surface area contributed by atoms with Gasteiger partial charge in [0, 0.05) is 46.9 Å². The summed E-state index contributed by atoms with van der Waals surface area (Å²) in [4.78, 5) is 0. The summed E-state index contributed by atoms with van der Waals surface area (Å²) in [5.41, 5.74) is 0. The molecule has 0 aliphatic rings. The third-order valence-electron chi connectivity index (χ3n) is 0.241. The largest absolute Gasteiger partial charge is 0.564 e. The molecule has 0 spiro atoms. The molecule has 3 nitrogen and oxygen atoms in total. The average molecular weight is 196 g/mol. The van der Waals surface area contributed by atoms with Crippen LogP contribution >= 0.6 is 0 Å². The first-order valence-electron chi connectivity index (χ1n) is 1.81. The quantitative estimate of drug-likeness (QED) is 0.600. The van der Waals surface area contributed by atoms with Crippen LogP contribution in [0.25, 0.3) is 0 Å². The Labute approximate surface area is 74.9 Å². The third kappa shape index (κ3) is 28.1.